The van der Waals surface area contributed by atoms with E-state index >= 15 is 0 Å². The Morgan fingerprint density at radius 2 is 1.50 bits per heavy atom. The van der Waals surface area contributed by atoms with Gasteiger partial charge in [-0.05, 0) is 34.9 Å². The van der Waals surface area contributed by atoms with Gasteiger partial charge in [-0.2, -0.15) is 13.2 Å². The van der Waals surface area contributed by atoms with Gasteiger partial charge in [0.2, 0.25) is 0 Å². The number of ether oxygens (including phenoxy) is 1. The van der Waals surface area contributed by atoms with E-state index in [0.29, 0.717) is 25.3 Å². The monoisotopic (exact) mass is 433 g/mol. The van der Waals surface area contributed by atoms with E-state index in [2.05, 4.69) is 5.32 Å². The number of hydrogen-bond donors (Lipinski definition) is 1. The van der Waals surface area contributed by atoms with Crippen molar-refractivity contribution in [3.8, 4) is 5.75 Å². The van der Waals surface area contributed by atoms with Gasteiger partial charge in [-0.15, -0.1) is 12.4 Å². The highest BCUT2D eigenvalue weighted by Crippen LogP contribution is 2.29. The molecule has 0 aliphatic carbocycles. The van der Waals surface area contributed by atoms with Crippen molar-refractivity contribution in [1.29, 1.82) is 0 Å². The molecule has 0 radical (unpaired) electrons. The summed E-state index contributed by atoms with van der Waals surface area (Å²) < 4.78 is 44.0. The Morgan fingerprint density at radius 1 is 0.800 bits per heavy atom. The van der Waals surface area contributed by atoms with Gasteiger partial charge in [-0.3, -0.25) is 0 Å². The molecule has 0 saturated heterocycles. The van der Waals surface area contributed by atoms with Crippen molar-refractivity contribution in [1.82, 2.24) is 5.32 Å². The van der Waals surface area contributed by atoms with Crippen molar-refractivity contribution in [2.24, 2.45) is 0 Å². The SMILES string of the molecule is Cl.FC(F)(F)c1cccc(CNCCOc2cccc(C=Cc3ccccc3)c2)c1. The molecule has 158 valence electrons. The molecule has 0 fully saturated rings. The molecule has 0 saturated carbocycles. The normalized spacial score (nSPS) is 11.3. The molecule has 0 aliphatic rings. The number of rotatable bonds is 8. The second kappa shape index (κ2) is 11.4. The summed E-state index contributed by atoms with van der Waals surface area (Å²) in [5.41, 5.74) is 2.11. The van der Waals surface area contributed by atoms with Crippen LogP contribution >= 0.6 is 12.4 Å². The van der Waals surface area contributed by atoms with Crippen molar-refractivity contribution >= 4 is 24.6 Å². The average Bonchev–Trinajstić information content (AvgIpc) is 2.73. The second-order valence-corrected chi connectivity index (χ2v) is 6.54. The zero-order valence-corrected chi connectivity index (χ0v) is 17.0. The van der Waals surface area contributed by atoms with E-state index in [4.69, 9.17) is 4.74 Å². The second-order valence-electron chi connectivity index (χ2n) is 6.54. The highest BCUT2D eigenvalue weighted by Gasteiger charge is 2.30. The molecule has 0 aromatic heterocycles. The first-order valence-electron chi connectivity index (χ1n) is 9.33. The van der Waals surface area contributed by atoms with Crippen molar-refractivity contribution in [3.63, 3.8) is 0 Å². The maximum absolute atomic E-state index is 12.7. The minimum atomic E-state index is -4.32. The van der Waals surface area contributed by atoms with Crippen molar-refractivity contribution in [2.75, 3.05) is 13.2 Å². The molecule has 3 aromatic rings. The molecule has 0 atom stereocenters. The third-order valence-electron chi connectivity index (χ3n) is 4.26. The summed E-state index contributed by atoms with van der Waals surface area (Å²) in [5.74, 6) is 0.751. The largest absolute Gasteiger partial charge is 0.492 e. The summed E-state index contributed by atoms with van der Waals surface area (Å²) in [4.78, 5) is 0. The first-order chi connectivity index (χ1) is 14.0. The summed E-state index contributed by atoms with van der Waals surface area (Å²) >= 11 is 0. The summed E-state index contributed by atoms with van der Waals surface area (Å²) in [7, 11) is 0. The van der Waals surface area contributed by atoms with Gasteiger partial charge in [0.05, 0.1) is 5.56 Å². The third kappa shape index (κ3) is 7.58. The van der Waals surface area contributed by atoms with Crippen LogP contribution in [-0.2, 0) is 12.7 Å². The Kier molecular flexibility index (Phi) is 8.96. The molecular weight excluding hydrogens is 411 g/mol. The Labute approximate surface area is 180 Å². The van der Waals surface area contributed by atoms with Gasteiger partial charge >= 0.3 is 6.18 Å². The average molecular weight is 434 g/mol. The van der Waals surface area contributed by atoms with Gasteiger partial charge in [-0.25, -0.2) is 0 Å². The lowest BCUT2D eigenvalue weighted by molar-refractivity contribution is -0.137. The van der Waals surface area contributed by atoms with Crippen molar-refractivity contribution in [2.45, 2.75) is 12.7 Å². The van der Waals surface area contributed by atoms with Crippen LogP contribution < -0.4 is 10.1 Å². The Balaban J connectivity index is 0.00000320. The van der Waals surface area contributed by atoms with Crippen molar-refractivity contribution < 1.29 is 17.9 Å². The molecule has 0 heterocycles. The van der Waals surface area contributed by atoms with Gasteiger partial charge in [0.15, 0.2) is 0 Å². The maximum Gasteiger partial charge on any atom is 0.416 e. The summed E-state index contributed by atoms with van der Waals surface area (Å²) in [6, 6.07) is 23.1. The number of halogens is 4. The van der Waals surface area contributed by atoms with Crippen LogP contribution in [0.3, 0.4) is 0 Å². The third-order valence-corrected chi connectivity index (χ3v) is 4.26. The zero-order valence-electron chi connectivity index (χ0n) is 16.2. The fourth-order valence-corrected chi connectivity index (χ4v) is 2.80. The molecule has 0 bridgehead atoms. The van der Waals surface area contributed by atoms with E-state index in [-0.39, 0.29) is 12.4 Å². The number of hydrogen-bond acceptors (Lipinski definition) is 2. The van der Waals surface area contributed by atoms with Gasteiger partial charge in [0, 0.05) is 13.1 Å². The minimum Gasteiger partial charge on any atom is -0.492 e. The van der Waals surface area contributed by atoms with E-state index in [9.17, 15) is 13.2 Å². The molecule has 2 nitrogen and oxygen atoms in total. The van der Waals surface area contributed by atoms with Gasteiger partial charge < -0.3 is 10.1 Å². The molecule has 6 heteroatoms. The Bertz CT molecular complexity index is 942. The lowest BCUT2D eigenvalue weighted by Gasteiger charge is -2.10. The quantitative estimate of drug-likeness (QED) is 0.325. The predicted molar refractivity (Wildman–Crippen MR) is 118 cm³/mol. The van der Waals surface area contributed by atoms with Crippen LogP contribution in [0.1, 0.15) is 22.3 Å². The zero-order chi connectivity index (χ0) is 20.5. The highest BCUT2D eigenvalue weighted by molar-refractivity contribution is 5.85. The predicted octanol–water partition coefficient (Wildman–Crippen LogP) is 6.47. The molecule has 3 aromatic carbocycles. The molecule has 0 amide bonds. The molecule has 0 aliphatic heterocycles. The molecule has 1 N–H and O–H groups in total. The first-order valence-corrected chi connectivity index (χ1v) is 9.33. The van der Waals surface area contributed by atoms with E-state index < -0.39 is 11.7 Å². The molecule has 3 rings (SSSR count). The molecule has 0 spiro atoms. The lowest BCUT2D eigenvalue weighted by atomic mass is 10.1. The van der Waals surface area contributed by atoms with Crippen LogP contribution in [0.4, 0.5) is 13.2 Å². The lowest BCUT2D eigenvalue weighted by Crippen LogP contribution is -2.20. The van der Waals surface area contributed by atoms with Crippen LogP contribution in [0.25, 0.3) is 12.2 Å². The van der Waals surface area contributed by atoms with Crippen LogP contribution in [0.2, 0.25) is 0 Å². The molecule has 30 heavy (non-hydrogen) atoms. The van der Waals surface area contributed by atoms with Gasteiger partial charge in [-0.1, -0.05) is 72.8 Å². The van der Waals surface area contributed by atoms with Crippen LogP contribution in [-0.4, -0.2) is 13.2 Å². The van der Waals surface area contributed by atoms with Crippen LogP contribution in [0.15, 0.2) is 78.9 Å². The van der Waals surface area contributed by atoms with E-state index in [1.165, 1.54) is 6.07 Å². The van der Waals surface area contributed by atoms with E-state index in [0.717, 1.165) is 29.0 Å². The number of nitrogens with one attached hydrogen (secondary N) is 1. The van der Waals surface area contributed by atoms with E-state index in [1.54, 1.807) is 6.07 Å². The highest BCUT2D eigenvalue weighted by atomic mass is 35.5. The fraction of sp³-hybridized carbons (Fsp3) is 0.167. The van der Waals surface area contributed by atoms with Crippen LogP contribution in [0, 0.1) is 0 Å². The Morgan fingerprint density at radius 3 is 2.27 bits per heavy atom. The topological polar surface area (TPSA) is 21.3 Å². The summed E-state index contributed by atoms with van der Waals surface area (Å²) in [6.07, 6.45) is -0.261. The van der Waals surface area contributed by atoms with E-state index in [1.807, 2.05) is 66.7 Å². The van der Waals surface area contributed by atoms with Crippen molar-refractivity contribution in [3.05, 3.63) is 101 Å². The van der Waals surface area contributed by atoms with Gasteiger partial charge in [0.1, 0.15) is 12.4 Å². The summed E-state index contributed by atoms with van der Waals surface area (Å²) in [6.45, 7) is 1.30. The van der Waals surface area contributed by atoms with Crippen LogP contribution in [0.5, 0.6) is 5.75 Å². The Hall–Kier alpha value is -2.76. The molecular formula is C24H23ClF3NO. The number of benzene rings is 3. The molecule has 0 unspecified atom stereocenters. The maximum atomic E-state index is 12.7. The van der Waals surface area contributed by atoms with Gasteiger partial charge in [0.25, 0.3) is 0 Å². The first kappa shape index (κ1) is 23.5. The number of alkyl halides is 3. The minimum absolute atomic E-state index is 0. The summed E-state index contributed by atoms with van der Waals surface area (Å²) in [5, 5.41) is 3.11. The standard InChI is InChI=1S/C24H22F3NO.ClH/c25-24(26,27)22-10-4-9-21(16-22)18-28-14-15-29-23-11-5-8-20(17-23)13-12-19-6-2-1-3-7-19;/h1-13,16-17,28H,14-15,18H2;1H. The smallest absolute Gasteiger partial charge is 0.416 e. The fourth-order valence-electron chi connectivity index (χ4n) is 2.80.